The maximum absolute atomic E-state index is 12.1. The number of hydrogen-bond acceptors (Lipinski definition) is 6. The summed E-state index contributed by atoms with van der Waals surface area (Å²) in [7, 11) is 1.32. The van der Waals surface area contributed by atoms with Crippen molar-refractivity contribution in [1.82, 2.24) is 15.3 Å². The Morgan fingerprint density at radius 3 is 2.90 bits per heavy atom. The van der Waals surface area contributed by atoms with E-state index in [1.165, 1.54) is 37.0 Å². The number of carbonyl (C=O) groups excluding carboxylic acids is 2. The number of aromatic nitrogens is 2. The first-order valence-corrected chi connectivity index (χ1v) is 6.75. The summed E-state index contributed by atoms with van der Waals surface area (Å²) in [6.07, 6.45) is 4.37. The van der Waals surface area contributed by atoms with Crippen LogP contribution in [0.5, 0.6) is 0 Å². The maximum Gasteiger partial charge on any atom is 0.307 e. The largest absolute Gasteiger partial charge is 0.469 e. The van der Waals surface area contributed by atoms with Crippen molar-refractivity contribution < 1.29 is 14.3 Å². The van der Waals surface area contributed by atoms with Crippen LogP contribution in [0.4, 0.5) is 0 Å². The highest BCUT2D eigenvalue weighted by molar-refractivity contribution is 7.10. The standard InChI is InChI=1S/C13H13N3O3S/c1-19-12(17)7-9(11-3-2-6-20-11)16-13(18)10-8-14-4-5-15-10/h2-6,8-9H,7H2,1H3,(H,16,18). The zero-order chi connectivity index (χ0) is 14.4. The molecule has 2 aromatic heterocycles. The van der Waals surface area contributed by atoms with E-state index in [1.54, 1.807) is 0 Å². The summed E-state index contributed by atoms with van der Waals surface area (Å²) >= 11 is 1.46. The molecule has 20 heavy (non-hydrogen) atoms. The summed E-state index contributed by atoms with van der Waals surface area (Å²) in [4.78, 5) is 32.1. The highest BCUT2D eigenvalue weighted by Gasteiger charge is 2.21. The molecule has 0 bridgehead atoms. The van der Waals surface area contributed by atoms with Crippen molar-refractivity contribution in [1.29, 1.82) is 0 Å². The monoisotopic (exact) mass is 291 g/mol. The Balaban J connectivity index is 2.12. The fraction of sp³-hybridized carbons (Fsp3) is 0.231. The van der Waals surface area contributed by atoms with Gasteiger partial charge in [-0.05, 0) is 11.4 Å². The Morgan fingerprint density at radius 2 is 2.30 bits per heavy atom. The third-order valence-electron chi connectivity index (χ3n) is 2.59. The molecule has 1 unspecified atom stereocenters. The zero-order valence-electron chi connectivity index (χ0n) is 10.8. The summed E-state index contributed by atoms with van der Waals surface area (Å²) in [6, 6.07) is 3.28. The molecule has 2 rings (SSSR count). The lowest BCUT2D eigenvalue weighted by atomic mass is 10.1. The van der Waals surface area contributed by atoms with Crippen LogP contribution in [0.15, 0.2) is 36.1 Å². The third kappa shape index (κ3) is 3.61. The van der Waals surface area contributed by atoms with Gasteiger partial charge >= 0.3 is 5.97 Å². The fourth-order valence-corrected chi connectivity index (χ4v) is 2.39. The Labute approximate surface area is 119 Å². The molecule has 0 aliphatic heterocycles. The number of ether oxygens (including phenoxy) is 1. The molecule has 0 saturated carbocycles. The van der Waals surface area contributed by atoms with Gasteiger partial charge in [-0.1, -0.05) is 6.07 Å². The van der Waals surface area contributed by atoms with E-state index >= 15 is 0 Å². The van der Waals surface area contributed by atoms with Gasteiger partial charge in [-0.2, -0.15) is 0 Å². The Bertz CT molecular complexity index is 572. The van der Waals surface area contributed by atoms with Crippen LogP contribution < -0.4 is 5.32 Å². The summed E-state index contributed by atoms with van der Waals surface area (Å²) in [5.41, 5.74) is 0.207. The van der Waals surface area contributed by atoms with Crippen LogP contribution >= 0.6 is 11.3 Å². The molecule has 0 saturated heterocycles. The molecule has 1 N–H and O–H groups in total. The quantitative estimate of drug-likeness (QED) is 0.846. The Hall–Kier alpha value is -2.28. The van der Waals surface area contributed by atoms with Gasteiger partial charge in [0.2, 0.25) is 0 Å². The normalized spacial score (nSPS) is 11.7. The van der Waals surface area contributed by atoms with Crippen molar-refractivity contribution in [3.63, 3.8) is 0 Å². The lowest BCUT2D eigenvalue weighted by Crippen LogP contribution is -2.30. The van der Waals surface area contributed by atoms with E-state index in [-0.39, 0.29) is 24.0 Å². The van der Waals surface area contributed by atoms with Crippen LogP contribution in [0.25, 0.3) is 0 Å². The second kappa shape index (κ2) is 6.76. The van der Waals surface area contributed by atoms with Gasteiger partial charge in [0, 0.05) is 17.3 Å². The number of hydrogen-bond donors (Lipinski definition) is 1. The molecule has 6 nitrogen and oxygen atoms in total. The smallest absolute Gasteiger partial charge is 0.307 e. The van der Waals surface area contributed by atoms with Crippen molar-refractivity contribution in [2.45, 2.75) is 12.5 Å². The van der Waals surface area contributed by atoms with Crippen molar-refractivity contribution in [3.8, 4) is 0 Å². The van der Waals surface area contributed by atoms with Crippen molar-refractivity contribution >= 4 is 23.2 Å². The Morgan fingerprint density at radius 1 is 1.45 bits per heavy atom. The summed E-state index contributed by atoms with van der Waals surface area (Å²) in [5.74, 6) is -0.761. The molecule has 0 aliphatic carbocycles. The lowest BCUT2D eigenvalue weighted by Gasteiger charge is -2.15. The topological polar surface area (TPSA) is 81.2 Å². The number of esters is 1. The van der Waals surface area contributed by atoms with Gasteiger partial charge in [-0.25, -0.2) is 4.98 Å². The van der Waals surface area contributed by atoms with Gasteiger partial charge in [0.25, 0.3) is 5.91 Å². The summed E-state index contributed by atoms with van der Waals surface area (Å²) in [6.45, 7) is 0. The van der Waals surface area contributed by atoms with E-state index in [2.05, 4.69) is 20.0 Å². The van der Waals surface area contributed by atoms with E-state index in [0.717, 1.165) is 4.88 Å². The molecular weight excluding hydrogens is 278 g/mol. The molecule has 0 aliphatic rings. The average molecular weight is 291 g/mol. The lowest BCUT2D eigenvalue weighted by molar-refractivity contribution is -0.141. The highest BCUT2D eigenvalue weighted by Crippen LogP contribution is 2.22. The third-order valence-corrected chi connectivity index (χ3v) is 3.57. The van der Waals surface area contributed by atoms with Crippen molar-refractivity contribution in [2.75, 3.05) is 7.11 Å². The number of rotatable bonds is 5. The van der Waals surface area contributed by atoms with Crippen LogP contribution in [0.1, 0.15) is 27.8 Å². The molecule has 0 aromatic carbocycles. The van der Waals surface area contributed by atoms with Crippen LogP contribution in [0.2, 0.25) is 0 Å². The van der Waals surface area contributed by atoms with Gasteiger partial charge in [0.15, 0.2) is 0 Å². The number of thiophene rings is 1. The number of carbonyl (C=O) groups is 2. The number of methoxy groups -OCH3 is 1. The van der Waals surface area contributed by atoms with Gasteiger partial charge in [0.05, 0.1) is 25.8 Å². The minimum atomic E-state index is -0.433. The summed E-state index contributed by atoms with van der Waals surface area (Å²) < 4.78 is 4.65. The second-order valence-corrected chi connectivity index (χ2v) is 4.89. The van der Waals surface area contributed by atoms with Crippen LogP contribution in [0.3, 0.4) is 0 Å². The van der Waals surface area contributed by atoms with Crippen molar-refractivity contribution in [3.05, 3.63) is 46.7 Å². The molecule has 1 atom stereocenters. The van der Waals surface area contributed by atoms with Crippen LogP contribution in [-0.2, 0) is 9.53 Å². The van der Waals surface area contributed by atoms with Crippen LogP contribution in [-0.4, -0.2) is 29.0 Å². The molecule has 2 heterocycles. The van der Waals surface area contributed by atoms with Gasteiger partial charge < -0.3 is 10.1 Å². The number of nitrogens with one attached hydrogen (secondary N) is 1. The number of amides is 1. The molecule has 1 amide bonds. The van der Waals surface area contributed by atoms with Gasteiger partial charge in [-0.15, -0.1) is 11.3 Å². The molecule has 2 aromatic rings. The van der Waals surface area contributed by atoms with E-state index in [0.29, 0.717) is 0 Å². The highest BCUT2D eigenvalue weighted by atomic mass is 32.1. The predicted molar refractivity (Wildman–Crippen MR) is 73.2 cm³/mol. The van der Waals surface area contributed by atoms with Crippen molar-refractivity contribution in [2.24, 2.45) is 0 Å². The van der Waals surface area contributed by atoms with Gasteiger partial charge in [0.1, 0.15) is 5.69 Å². The Kier molecular flexibility index (Phi) is 4.78. The van der Waals surface area contributed by atoms with E-state index < -0.39 is 6.04 Å². The first-order chi connectivity index (χ1) is 9.70. The molecule has 7 heteroatoms. The van der Waals surface area contributed by atoms with Gasteiger partial charge in [-0.3, -0.25) is 14.6 Å². The molecule has 0 radical (unpaired) electrons. The first kappa shape index (κ1) is 14.1. The minimum Gasteiger partial charge on any atom is -0.469 e. The average Bonchev–Trinajstić information content (AvgIpc) is 3.01. The molecular formula is C13H13N3O3S. The molecule has 104 valence electrons. The van der Waals surface area contributed by atoms with E-state index in [1.807, 2.05) is 17.5 Å². The maximum atomic E-state index is 12.1. The molecule has 0 spiro atoms. The predicted octanol–water partition coefficient (Wildman–Crippen LogP) is 1.57. The first-order valence-electron chi connectivity index (χ1n) is 5.88. The minimum absolute atomic E-state index is 0.0724. The number of nitrogens with zero attached hydrogens (tertiary/aromatic N) is 2. The van der Waals surface area contributed by atoms with Crippen LogP contribution in [0, 0.1) is 0 Å². The fourth-order valence-electron chi connectivity index (χ4n) is 1.61. The van der Waals surface area contributed by atoms with E-state index in [9.17, 15) is 9.59 Å². The summed E-state index contributed by atoms with van der Waals surface area (Å²) in [5, 5.41) is 4.65. The van der Waals surface area contributed by atoms with E-state index in [4.69, 9.17) is 0 Å². The SMILES string of the molecule is COC(=O)CC(NC(=O)c1cnccn1)c1cccs1. The second-order valence-electron chi connectivity index (χ2n) is 3.91. The molecule has 0 fully saturated rings. The zero-order valence-corrected chi connectivity index (χ0v) is 11.6.